The fraction of sp³-hybridized carbons (Fsp3) is 0.312. The Bertz CT molecular complexity index is 919. The Kier molecular flexibility index (Phi) is 5.75. The lowest BCUT2D eigenvalue weighted by Crippen LogP contribution is -2.42. The van der Waals surface area contributed by atoms with E-state index < -0.39 is 34.7 Å². The summed E-state index contributed by atoms with van der Waals surface area (Å²) < 4.78 is 55.8. The molecule has 2 N–H and O–H groups in total. The summed E-state index contributed by atoms with van der Waals surface area (Å²) >= 11 is 2.10. The molecule has 27 heavy (non-hydrogen) atoms. The van der Waals surface area contributed by atoms with Crippen LogP contribution >= 0.6 is 23.3 Å². The van der Waals surface area contributed by atoms with E-state index in [4.69, 9.17) is 0 Å². The highest BCUT2D eigenvalue weighted by atomic mass is 32.2. The maximum Gasteiger partial charge on any atom is 0.261 e. The van der Waals surface area contributed by atoms with Gasteiger partial charge in [0.05, 0.1) is 9.10 Å². The summed E-state index contributed by atoms with van der Waals surface area (Å²) in [6, 6.07) is 7.10. The van der Waals surface area contributed by atoms with Crippen molar-refractivity contribution < 1.29 is 27.1 Å². The second-order valence-corrected chi connectivity index (χ2v) is 9.90. The first-order valence-electron chi connectivity index (χ1n) is 7.90. The summed E-state index contributed by atoms with van der Waals surface area (Å²) in [7, 11) is -3.83. The van der Waals surface area contributed by atoms with Crippen molar-refractivity contribution in [1.29, 1.82) is 0 Å². The molecule has 2 aromatic rings. The van der Waals surface area contributed by atoms with Crippen LogP contribution in [-0.2, 0) is 10.0 Å². The summed E-state index contributed by atoms with van der Waals surface area (Å²) in [6.45, 7) is -0.434. The number of phenolic OH excluding ortho intramolecular Hbond substituents is 1. The summed E-state index contributed by atoms with van der Waals surface area (Å²) in [5, 5.41) is 10.7. The number of piperidine rings is 1. The number of hydrogen-bond donors (Lipinski definition) is 2. The van der Waals surface area contributed by atoms with Gasteiger partial charge in [-0.05, 0) is 42.3 Å². The third kappa shape index (κ3) is 4.78. The van der Waals surface area contributed by atoms with Crippen LogP contribution in [0.2, 0.25) is 0 Å². The maximum absolute atomic E-state index is 13.2. The first-order chi connectivity index (χ1) is 12.7. The van der Waals surface area contributed by atoms with E-state index in [0.717, 1.165) is 27.6 Å². The molecule has 6 nitrogen and oxygen atoms in total. The van der Waals surface area contributed by atoms with Crippen molar-refractivity contribution in [3.8, 4) is 5.75 Å². The summed E-state index contributed by atoms with van der Waals surface area (Å²) in [5.41, 5.74) is 0.346. The molecule has 0 bridgehead atoms. The Morgan fingerprint density at radius 2 is 1.85 bits per heavy atom. The highest BCUT2D eigenvalue weighted by Crippen LogP contribution is 2.33. The minimum Gasteiger partial charge on any atom is -0.508 e. The lowest BCUT2D eigenvalue weighted by Gasteiger charge is -2.30. The number of benzene rings is 1. The van der Waals surface area contributed by atoms with E-state index in [9.17, 15) is 27.1 Å². The van der Waals surface area contributed by atoms with Gasteiger partial charge in [0.1, 0.15) is 5.75 Å². The van der Waals surface area contributed by atoms with Gasteiger partial charge in [0.25, 0.3) is 11.8 Å². The lowest BCUT2D eigenvalue weighted by molar-refractivity contribution is -0.0412. The van der Waals surface area contributed by atoms with Gasteiger partial charge in [-0.3, -0.25) is 9.52 Å². The third-order valence-corrected chi connectivity index (χ3v) is 7.91. The Balaban J connectivity index is 1.62. The SMILES string of the molecule is O=C(NSc1cc(S(=O)(=O)N2CCC(F)(F)CC2)cs1)c1ccc(O)cc1. The predicted octanol–water partition coefficient (Wildman–Crippen LogP) is 3.31. The van der Waals surface area contributed by atoms with Crippen molar-refractivity contribution in [1.82, 2.24) is 9.03 Å². The number of phenols is 1. The number of hydrogen-bond acceptors (Lipinski definition) is 6. The Morgan fingerprint density at radius 1 is 1.22 bits per heavy atom. The first kappa shape index (κ1) is 20.1. The zero-order valence-corrected chi connectivity index (χ0v) is 16.3. The molecule has 1 aromatic carbocycles. The zero-order valence-electron chi connectivity index (χ0n) is 13.9. The largest absolute Gasteiger partial charge is 0.508 e. The van der Waals surface area contributed by atoms with Gasteiger partial charge in [0, 0.05) is 36.9 Å². The molecule has 2 heterocycles. The molecular formula is C16H16F2N2O4S3. The molecule has 0 saturated carbocycles. The first-order valence-corrected chi connectivity index (χ1v) is 11.0. The smallest absolute Gasteiger partial charge is 0.261 e. The van der Waals surface area contributed by atoms with Crippen LogP contribution in [-0.4, -0.2) is 42.7 Å². The Hall–Kier alpha value is -1.69. The van der Waals surface area contributed by atoms with Crippen LogP contribution in [0.4, 0.5) is 8.78 Å². The number of carbonyl (C=O) groups is 1. The molecule has 1 aliphatic heterocycles. The molecule has 146 valence electrons. The van der Waals surface area contributed by atoms with E-state index in [1.54, 1.807) is 0 Å². The van der Waals surface area contributed by atoms with E-state index in [2.05, 4.69) is 4.72 Å². The number of nitrogens with zero attached hydrogens (tertiary/aromatic N) is 1. The molecule has 0 aliphatic carbocycles. The Morgan fingerprint density at radius 3 is 2.48 bits per heavy atom. The van der Waals surface area contributed by atoms with Gasteiger partial charge < -0.3 is 5.11 Å². The van der Waals surface area contributed by atoms with Gasteiger partial charge >= 0.3 is 0 Å². The molecule has 1 amide bonds. The molecule has 0 radical (unpaired) electrons. The quantitative estimate of drug-likeness (QED) is 0.705. The zero-order chi connectivity index (χ0) is 19.7. The van der Waals surface area contributed by atoms with Crippen molar-refractivity contribution in [2.45, 2.75) is 27.9 Å². The highest BCUT2D eigenvalue weighted by Gasteiger charge is 2.38. The molecular weight excluding hydrogens is 418 g/mol. The van der Waals surface area contributed by atoms with E-state index in [1.807, 2.05) is 0 Å². The van der Waals surface area contributed by atoms with Gasteiger partial charge in [-0.1, -0.05) is 0 Å². The molecule has 1 aliphatic rings. The van der Waals surface area contributed by atoms with E-state index >= 15 is 0 Å². The molecule has 0 unspecified atom stereocenters. The predicted molar refractivity (Wildman–Crippen MR) is 98.7 cm³/mol. The molecule has 3 rings (SSSR count). The van der Waals surface area contributed by atoms with Crippen molar-refractivity contribution in [3.05, 3.63) is 41.3 Å². The number of halogens is 2. The average molecular weight is 435 g/mol. The van der Waals surface area contributed by atoms with Gasteiger partial charge in [0.2, 0.25) is 10.0 Å². The van der Waals surface area contributed by atoms with Crippen LogP contribution in [0.5, 0.6) is 5.75 Å². The third-order valence-electron chi connectivity index (χ3n) is 4.02. The average Bonchev–Trinajstić information content (AvgIpc) is 3.10. The molecule has 1 fully saturated rings. The molecule has 0 spiro atoms. The molecule has 0 atom stereocenters. The number of nitrogens with one attached hydrogen (secondary N) is 1. The van der Waals surface area contributed by atoms with Crippen LogP contribution in [0.1, 0.15) is 23.2 Å². The van der Waals surface area contributed by atoms with E-state index in [0.29, 0.717) is 9.77 Å². The number of thiophene rings is 1. The fourth-order valence-electron chi connectivity index (χ4n) is 2.46. The molecule has 1 saturated heterocycles. The second-order valence-electron chi connectivity index (χ2n) is 5.94. The van der Waals surface area contributed by atoms with E-state index in [1.165, 1.54) is 35.7 Å². The number of carbonyl (C=O) groups excluding carboxylic acids is 1. The van der Waals surface area contributed by atoms with Crippen molar-refractivity contribution in [2.24, 2.45) is 0 Å². The number of alkyl halides is 2. The van der Waals surface area contributed by atoms with Gasteiger partial charge in [-0.25, -0.2) is 17.2 Å². The normalized spacial score (nSPS) is 17.6. The minimum atomic E-state index is -3.83. The number of amides is 1. The standard InChI is InChI=1S/C16H16F2N2O4S3/c17-16(18)5-7-20(8-6-16)27(23,24)13-9-14(25-10-13)26-19-15(22)11-1-3-12(21)4-2-11/h1-4,9-10,21H,5-8H2,(H,19,22). The van der Waals surface area contributed by atoms with Gasteiger partial charge in [-0.15, -0.1) is 11.3 Å². The van der Waals surface area contributed by atoms with Crippen LogP contribution in [0.3, 0.4) is 0 Å². The number of sulfonamides is 1. The topological polar surface area (TPSA) is 86.7 Å². The van der Waals surface area contributed by atoms with Crippen molar-refractivity contribution in [3.63, 3.8) is 0 Å². The molecule has 1 aromatic heterocycles. The van der Waals surface area contributed by atoms with Crippen molar-refractivity contribution in [2.75, 3.05) is 13.1 Å². The second kappa shape index (κ2) is 7.74. The summed E-state index contributed by atoms with van der Waals surface area (Å²) in [6.07, 6.45) is -0.971. The van der Waals surface area contributed by atoms with Crippen LogP contribution < -0.4 is 4.72 Å². The number of rotatable bonds is 5. The van der Waals surface area contributed by atoms with Crippen LogP contribution in [0.15, 0.2) is 44.8 Å². The van der Waals surface area contributed by atoms with E-state index in [-0.39, 0.29) is 23.7 Å². The van der Waals surface area contributed by atoms with Gasteiger partial charge in [0.15, 0.2) is 0 Å². The van der Waals surface area contributed by atoms with Gasteiger partial charge in [-0.2, -0.15) is 4.31 Å². The highest BCUT2D eigenvalue weighted by molar-refractivity contribution is 7.99. The summed E-state index contributed by atoms with van der Waals surface area (Å²) in [4.78, 5) is 12.1. The van der Waals surface area contributed by atoms with Crippen LogP contribution in [0.25, 0.3) is 0 Å². The Labute approximate surface area is 163 Å². The fourth-order valence-corrected chi connectivity index (χ4v) is 5.92. The minimum absolute atomic E-state index is 0.0269. The molecule has 11 heteroatoms. The maximum atomic E-state index is 13.2. The van der Waals surface area contributed by atoms with Crippen molar-refractivity contribution >= 4 is 39.2 Å². The monoisotopic (exact) mass is 434 g/mol. The summed E-state index contributed by atoms with van der Waals surface area (Å²) in [5.74, 6) is -3.17. The number of aromatic hydroxyl groups is 1. The van der Waals surface area contributed by atoms with Crippen LogP contribution in [0, 0.1) is 0 Å². The lowest BCUT2D eigenvalue weighted by atomic mass is 10.1.